The molecule has 1 aromatic carbocycles. The second-order valence-corrected chi connectivity index (χ2v) is 5.11. The van der Waals surface area contributed by atoms with Crippen molar-refractivity contribution in [3.05, 3.63) is 28.0 Å². The summed E-state index contributed by atoms with van der Waals surface area (Å²) in [6.45, 7) is 3.94. The highest BCUT2D eigenvalue weighted by atomic mass is 79.9. The highest BCUT2D eigenvalue weighted by Gasteiger charge is 2.14. The maximum atomic E-state index is 13.4. The fraction of sp³-hybridized carbons (Fsp3) is 0.500. The van der Waals surface area contributed by atoms with Gasteiger partial charge in [0.25, 0.3) is 0 Å². The van der Waals surface area contributed by atoms with Crippen molar-refractivity contribution in [2.75, 3.05) is 18.4 Å². The van der Waals surface area contributed by atoms with Crippen molar-refractivity contribution < 1.29 is 4.39 Å². The van der Waals surface area contributed by atoms with Gasteiger partial charge < -0.3 is 10.6 Å². The molecule has 88 valence electrons. The molecule has 1 fully saturated rings. The minimum atomic E-state index is -0.215. The van der Waals surface area contributed by atoms with Gasteiger partial charge in [0.15, 0.2) is 0 Å². The molecule has 1 atom stereocenters. The molecule has 4 heteroatoms. The molecule has 0 bridgehead atoms. The first-order chi connectivity index (χ1) is 7.66. The SMILES string of the molecule is Cc1cc(Br)c(F)cc1NCC1CCCN1. The van der Waals surface area contributed by atoms with Gasteiger partial charge in [-0.05, 0) is 59.9 Å². The molecule has 1 unspecified atom stereocenters. The quantitative estimate of drug-likeness (QED) is 0.893. The van der Waals surface area contributed by atoms with Crippen LogP contribution in [0.1, 0.15) is 18.4 Å². The van der Waals surface area contributed by atoms with Gasteiger partial charge in [0.05, 0.1) is 4.47 Å². The fourth-order valence-corrected chi connectivity index (χ4v) is 2.46. The summed E-state index contributed by atoms with van der Waals surface area (Å²) in [5, 5.41) is 6.71. The van der Waals surface area contributed by atoms with Crippen molar-refractivity contribution in [3.63, 3.8) is 0 Å². The normalized spacial score (nSPS) is 20.1. The third-order valence-electron chi connectivity index (χ3n) is 2.97. The molecule has 1 aromatic rings. The molecule has 1 aliphatic rings. The van der Waals surface area contributed by atoms with Crippen LogP contribution in [0, 0.1) is 12.7 Å². The molecule has 2 N–H and O–H groups in total. The highest BCUT2D eigenvalue weighted by Crippen LogP contribution is 2.24. The number of nitrogens with one attached hydrogen (secondary N) is 2. The Balaban J connectivity index is 2.00. The maximum Gasteiger partial charge on any atom is 0.139 e. The van der Waals surface area contributed by atoms with E-state index in [4.69, 9.17) is 0 Å². The molecule has 0 saturated carbocycles. The molecule has 1 heterocycles. The first kappa shape index (κ1) is 11.9. The van der Waals surface area contributed by atoms with Crippen molar-refractivity contribution in [2.24, 2.45) is 0 Å². The van der Waals surface area contributed by atoms with E-state index in [-0.39, 0.29) is 5.82 Å². The summed E-state index contributed by atoms with van der Waals surface area (Å²) >= 11 is 3.18. The van der Waals surface area contributed by atoms with Crippen LogP contribution in [0.15, 0.2) is 16.6 Å². The second-order valence-electron chi connectivity index (χ2n) is 4.26. The van der Waals surface area contributed by atoms with Gasteiger partial charge in [-0.2, -0.15) is 0 Å². The molecule has 0 amide bonds. The van der Waals surface area contributed by atoms with Gasteiger partial charge in [-0.1, -0.05) is 0 Å². The minimum absolute atomic E-state index is 0.215. The Labute approximate surface area is 104 Å². The van der Waals surface area contributed by atoms with E-state index in [9.17, 15) is 4.39 Å². The van der Waals surface area contributed by atoms with Crippen LogP contribution in [-0.4, -0.2) is 19.1 Å². The lowest BCUT2D eigenvalue weighted by atomic mass is 10.1. The Morgan fingerprint density at radius 3 is 3.06 bits per heavy atom. The standard InChI is InChI=1S/C12H16BrFN2/c1-8-5-10(13)11(14)6-12(8)16-7-9-3-2-4-15-9/h5-6,9,15-16H,2-4,7H2,1H3. The van der Waals surface area contributed by atoms with Crippen molar-refractivity contribution >= 4 is 21.6 Å². The van der Waals surface area contributed by atoms with Gasteiger partial charge in [-0.15, -0.1) is 0 Å². The Bertz CT molecular complexity index is 376. The molecule has 1 aliphatic heterocycles. The third-order valence-corrected chi connectivity index (χ3v) is 3.58. The van der Waals surface area contributed by atoms with Crippen molar-refractivity contribution in [2.45, 2.75) is 25.8 Å². The zero-order valence-corrected chi connectivity index (χ0v) is 10.9. The van der Waals surface area contributed by atoms with Gasteiger partial charge >= 0.3 is 0 Å². The summed E-state index contributed by atoms with van der Waals surface area (Å²) < 4.78 is 13.9. The molecule has 0 aliphatic carbocycles. The summed E-state index contributed by atoms with van der Waals surface area (Å²) in [6, 6.07) is 3.87. The first-order valence-electron chi connectivity index (χ1n) is 5.59. The molecule has 2 rings (SSSR count). The van der Waals surface area contributed by atoms with E-state index in [1.165, 1.54) is 12.8 Å². The van der Waals surface area contributed by atoms with Crippen LogP contribution < -0.4 is 10.6 Å². The predicted octanol–water partition coefficient (Wildman–Crippen LogP) is 3.06. The molecule has 1 saturated heterocycles. The fourth-order valence-electron chi connectivity index (χ4n) is 2.00. The third kappa shape index (κ3) is 2.74. The van der Waals surface area contributed by atoms with Gasteiger partial charge in [-0.25, -0.2) is 4.39 Å². The monoisotopic (exact) mass is 286 g/mol. The van der Waals surface area contributed by atoms with Crippen LogP contribution in [0.3, 0.4) is 0 Å². The summed E-state index contributed by atoms with van der Waals surface area (Å²) in [6.07, 6.45) is 2.44. The second kappa shape index (κ2) is 5.15. The molecule has 2 nitrogen and oxygen atoms in total. The smallest absolute Gasteiger partial charge is 0.139 e. The average Bonchev–Trinajstić information content (AvgIpc) is 2.74. The Morgan fingerprint density at radius 2 is 2.38 bits per heavy atom. The lowest BCUT2D eigenvalue weighted by Crippen LogP contribution is -2.29. The van der Waals surface area contributed by atoms with E-state index in [0.29, 0.717) is 10.5 Å². The number of hydrogen-bond acceptors (Lipinski definition) is 2. The lowest BCUT2D eigenvalue weighted by Gasteiger charge is -2.14. The van der Waals surface area contributed by atoms with Crippen molar-refractivity contribution in [1.82, 2.24) is 5.32 Å². The van der Waals surface area contributed by atoms with Crippen molar-refractivity contribution in [1.29, 1.82) is 0 Å². The van der Waals surface area contributed by atoms with E-state index < -0.39 is 0 Å². The van der Waals surface area contributed by atoms with E-state index in [0.717, 1.165) is 24.3 Å². The molecule has 0 spiro atoms. The Hall–Kier alpha value is -0.610. The van der Waals surface area contributed by atoms with Crippen LogP contribution in [0.2, 0.25) is 0 Å². The van der Waals surface area contributed by atoms with Crippen LogP contribution >= 0.6 is 15.9 Å². The number of halogens is 2. The lowest BCUT2D eigenvalue weighted by molar-refractivity contribution is 0.617. The predicted molar refractivity (Wildman–Crippen MR) is 68.4 cm³/mol. The summed E-state index contributed by atoms with van der Waals surface area (Å²) in [7, 11) is 0. The number of benzene rings is 1. The van der Waals surface area contributed by atoms with Crippen LogP contribution in [0.25, 0.3) is 0 Å². The molecule has 0 radical (unpaired) electrons. The van der Waals surface area contributed by atoms with Crippen LogP contribution in [0.4, 0.5) is 10.1 Å². The summed E-state index contributed by atoms with van der Waals surface area (Å²) in [5.41, 5.74) is 1.95. The van der Waals surface area contributed by atoms with Gasteiger partial charge in [0.2, 0.25) is 0 Å². The number of rotatable bonds is 3. The van der Waals surface area contributed by atoms with Gasteiger partial charge in [0, 0.05) is 18.3 Å². The Morgan fingerprint density at radius 1 is 1.56 bits per heavy atom. The average molecular weight is 287 g/mol. The largest absolute Gasteiger partial charge is 0.383 e. The molecular formula is C12H16BrFN2. The number of hydrogen-bond donors (Lipinski definition) is 2. The van der Waals surface area contributed by atoms with Crippen LogP contribution in [-0.2, 0) is 0 Å². The van der Waals surface area contributed by atoms with Crippen molar-refractivity contribution in [3.8, 4) is 0 Å². The molecule has 16 heavy (non-hydrogen) atoms. The van der Waals surface area contributed by atoms with Gasteiger partial charge in [-0.3, -0.25) is 0 Å². The first-order valence-corrected chi connectivity index (χ1v) is 6.39. The van der Waals surface area contributed by atoms with E-state index >= 15 is 0 Å². The maximum absolute atomic E-state index is 13.4. The minimum Gasteiger partial charge on any atom is -0.383 e. The molecular weight excluding hydrogens is 271 g/mol. The van der Waals surface area contributed by atoms with Crippen LogP contribution in [0.5, 0.6) is 0 Å². The number of anilines is 1. The van der Waals surface area contributed by atoms with Gasteiger partial charge in [0.1, 0.15) is 5.82 Å². The molecule has 0 aromatic heterocycles. The summed E-state index contributed by atoms with van der Waals surface area (Å²) in [5.74, 6) is -0.215. The number of aryl methyl sites for hydroxylation is 1. The highest BCUT2D eigenvalue weighted by molar-refractivity contribution is 9.10. The zero-order chi connectivity index (χ0) is 11.5. The zero-order valence-electron chi connectivity index (χ0n) is 9.32. The van der Waals surface area contributed by atoms with E-state index in [2.05, 4.69) is 26.6 Å². The summed E-state index contributed by atoms with van der Waals surface area (Å²) in [4.78, 5) is 0. The van der Waals surface area contributed by atoms with E-state index in [1.54, 1.807) is 12.1 Å². The Kier molecular flexibility index (Phi) is 3.82. The topological polar surface area (TPSA) is 24.1 Å². The van der Waals surface area contributed by atoms with E-state index in [1.807, 2.05) is 6.92 Å².